The van der Waals surface area contributed by atoms with Gasteiger partial charge >= 0.3 is 5.97 Å². The van der Waals surface area contributed by atoms with E-state index in [1.54, 1.807) is 6.07 Å². The third-order valence-electron chi connectivity index (χ3n) is 5.48. The third-order valence-corrected chi connectivity index (χ3v) is 5.48. The molecule has 0 spiro atoms. The minimum Gasteiger partial charge on any atom is -0.507 e. The fraction of sp³-hybridized carbons (Fsp3) is 0.720. The van der Waals surface area contributed by atoms with Gasteiger partial charge in [0.1, 0.15) is 5.75 Å². The molecular formula is C25H42O3. The summed E-state index contributed by atoms with van der Waals surface area (Å²) in [7, 11) is 0. The predicted molar refractivity (Wildman–Crippen MR) is 119 cm³/mol. The van der Waals surface area contributed by atoms with Crippen LogP contribution in [0.1, 0.15) is 127 Å². The summed E-state index contributed by atoms with van der Waals surface area (Å²) in [6, 6.07) is 1.70. The quantitative estimate of drug-likeness (QED) is 0.410. The van der Waals surface area contributed by atoms with Gasteiger partial charge in [0.05, 0.1) is 5.56 Å². The van der Waals surface area contributed by atoms with Crippen molar-refractivity contribution in [1.29, 1.82) is 0 Å². The van der Waals surface area contributed by atoms with Gasteiger partial charge in [0.25, 0.3) is 0 Å². The van der Waals surface area contributed by atoms with Gasteiger partial charge in [-0.05, 0) is 35.3 Å². The van der Waals surface area contributed by atoms with Crippen LogP contribution >= 0.6 is 0 Å². The minimum absolute atomic E-state index is 0.277. The van der Waals surface area contributed by atoms with Gasteiger partial charge in [-0.2, -0.15) is 0 Å². The van der Waals surface area contributed by atoms with Gasteiger partial charge in [0.2, 0.25) is 0 Å². The van der Waals surface area contributed by atoms with Crippen molar-refractivity contribution >= 4 is 5.97 Å². The van der Waals surface area contributed by atoms with Gasteiger partial charge in [-0.3, -0.25) is 0 Å². The molecule has 0 amide bonds. The molecule has 0 saturated heterocycles. The molecule has 0 aliphatic heterocycles. The van der Waals surface area contributed by atoms with E-state index in [1.165, 1.54) is 38.5 Å². The van der Waals surface area contributed by atoms with Crippen LogP contribution in [0.15, 0.2) is 6.07 Å². The summed E-state index contributed by atoms with van der Waals surface area (Å²) in [4.78, 5) is 12.0. The zero-order valence-electron chi connectivity index (χ0n) is 19.2. The highest BCUT2D eigenvalue weighted by Gasteiger charge is 2.31. The zero-order valence-corrected chi connectivity index (χ0v) is 19.2. The second-order valence-electron chi connectivity index (χ2n) is 10.2. The summed E-state index contributed by atoms with van der Waals surface area (Å²) in [6.07, 6.45) is 10.4. The fourth-order valence-electron chi connectivity index (χ4n) is 3.98. The van der Waals surface area contributed by atoms with Gasteiger partial charge in [-0.15, -0.1) is 0 Å². The van der Waals surface area contributed by atoms with Crippen LogP contribution in [0.2, 0.25) is 0 Å². The normalized spacial score (nSPS) is 12.4. The number of unbranched alkanes of at least 4 members (excludes halogenated alkanes) is 7. The topological polar surface area (TPSA) is 57.5 Å². The molecule has 0 aliphatic rings. The Hall–Kier alpha value is -1.51. The van der Waals surface area contributed by atoms with E-state index in [-0.39, 0.29) is 16.6 Å². The molecule has 3 nitrogen and oxygen atoms in total. The van der Waals surface area contributed by atoms with Gasteiger partial charge in [0, 0.05) is 11.1 Å². The number of rotatable bonds is 10. The average Bonchev–Trinajstić information content (AvgIpc) is 2.54. The first-order valence-electron chi connectivity index (χ1n) is 11.0. The van der Waals surface area contributed by atoms with Gasteiger partial charge < -0.3 is 10.2 Å². The van der Waals surface area contributed by atoms with Gasteiger partial charge in [-0.25, -0.2) is 4.79 Å². The maximum absolute atomic E-state index is 12.0. The lowest BCUT2D eigenvalue weighted by molar-refractivity contribution is 0.0695. The van der Waals surface area contributed by atoms with E-state index in [4.69, 9.17) is 0 Å². The van der Waals surface area contributed by atoms with Crippen molar-refractivity contribution in [2.45, 2.75) is 117 Å². The highest BCUT2D eigenvalue weighted by Crippen LogP contribution is 2.43. The predicted octanol–water partition coefficient (Wildman–Crippen LogP) is 7.37. The summed E-state index contributed by atoms with van der Waals surface area (Å²) >= 11 is 0. The van der Waals surface area contributed by atoms with Crippen LogP contribution in [-0.4, -0.2) is 16.2 Å². The van der Waals surface area contributed by atoms with Crippen LogP contribution < -0.4 is 0 Å². The number of phenols is 1. The fourth-order valence-corrected chi connectivity index (χ4v) is 3.98. The minimum atomic E-state index is -0.898. The summed E-state index contributed by atoms with van der Waals surface area (Å²) in [5.74, 6) is -0.620. The molecule has 1 aromatic carbocycles. The van der Waals surface area contributed by atoms with E-state index in [9.17, 15) is 15.0 Å². The molecule has 0 unspecified atom stereocenters. The number of aromatic hydroxyl groups is 1. The molecular weight excluding hydrogens is 348 g/mol. The van der Waals surface area contributed by atoms with Crippen LogP contribution in [0.3, 0.4) is 0 Å². The van der Waals surface area contributed by atoms with Crippen molar-refractivity contribution in [1.82, 2.24) is 0 Å². The molecule has 1 aromatic rings. The van der Waals surface area contributed by atoms with Crippen LogP contribution in [0.4, 0.5) is 0 Å². The van der Waals surface area contributed by atoms with E-state index in [0.717, 1.165) is 29.5 Å². The van der Waals surface area contributed by atoms with Crippen molar-refractivity contribution in [2.24, 2.45) is 0 Å². The molecule has 0 atom stereocenters. The maximum atomic E-state index is 12.0. The average molecular weight is 391 g/mol. The summed E-state index contributed by atoms with van der Waals surface area (Å²) in [5, 5.41) is 21.0. The molecule has 0 radical (unpaired) electrons. The Labute approximate surface area is 172 Å². The molecule has 3 heteroatoms. The van der Waals surface area contributed by atoms with Crippen LogP contribution in [0, 0.1) is 0 Å². The maximum Gasteiger partial charge on any atom is 0.335 e. The molecule has 1 rings (SSSR count). The lowest BCUT2D eigenvalue weighted by Crippen LogP contribution is -2.22. The van der Waals surface area contributed by atoms with E-state index >= 15 is 0 Å². The van der Waals surface area contributed by atoms with Crippen molar-refractivity contribution in [3.8, 4) is 5.75 Å². The Morgan fingerprint density at radius 1 is 0.857 bits per heavy atom. The number of carboxylic acids is 1. The van der Waals surface area contributed by atoms with Crippen molar-refractivity contribution in [3.63, 3.8) is 0 Å². The van der Waals surface area contributed by atoms with E-state index < -0.39 is 5.97 Å². The Morgan fingerprint density at radius 2 is 1.36 bits per heavy atom. The Balaban J connectivity index is 3.09. The van der Waals surface area contributed by atoms with Crippen LogP contribution in [-0.2, 0) is 17.3 Å². The molecule has 160 valence electrons. The highest BCUT2D eigenvalue weighted by atomic mass is 16.4. The lowest BCUT2D eigenvalue weighted by Gasteiger charge is -2.30. The number of phenolic OH excluding ortho intramolecular Hbond substituents is 1. The Kier molecular flexibility index (Phi) is 9.04. The first kappa shape index (κ1) is 24.5. The lowest BCUT2D eigenvalue weighted by atomic mass is 9.74. The number of benzene rings is 1. The summed E-state index contributed by atoms with van der Waals surface area (Å²) in [5.41, 5.74) is 2.07. The Bertz CT molecular complexity index is 645. The number of aromatic carboxylic acids is 1. The molecule has 0 fully saturated rings. The SMILES string of the molecule is CCCCCCCCCCc1c(C(=O)O)cc(C(C)(C)C)c(O)c1C(C)(C)C. The molecule has 0 saturated carbocycles. The summed E-state index contributed by atoms with van der Waals surface area (Å²) in [6.45, 7) is 14.4. The van der Waals surface area contributed by atoms with E-state index in [0.29, 0.717) is 12.0 Å². The van der Waals surface area contributed by atoms with E-state index in [1.807, 2.05) is 20.8 Å². The largest absolute Gasteiger partial charge is 0.507 e. The monoisotopic (exact) mass is 390 g/mol. The van der Waals surface area contributed by atoms with Crippen molar-refractivity contribution in [2.75, 3.05) is 0 Å². The van der Waals surface area contributed by atoms with Crippen LogP contribution in [0.5, 0.6) is 5.75 Å². The molecule has 0 aromatic heterocycles. The third kappa shape index (κ3) is 6.83. The molecule has 2 N–H and O–H groups in total. The molecule has 0 aliphatic carbocycles. The van der Waals surface area contributed by atoms with Crippen molar-refractivity contribution < 1.29 is 15.0 Å². The second kappa shape index (κ2) is 10.3. The van der Waals surface area contributed by atoms with E-state index in [2.05, 4.69) is 27.7 Å². The Morgan fingerprint density at radius 3 is 1.79 bits per heavy atom. The molecule has 28 heavy (non-hydrogen) atoms. The molecule has 0 heterocycles. The van der Waals surface area contributed by atoms with Gasteiger partial charge in [0.15, 0.2) is 0 Å². The summed E-state index contributed by atoms with van der Waals surface area (Å²) < 4.78 is 0. The van der Waals surface area contributed by atoms with Crippen LogP contribution in [0.25, 0.3) is 0 Å². The number of carbonyl (C=O) groups is 1. The smallest absolute Gasteiger partial charge is 0.335 e. The number of carboxylic acid groups (broad SMARTS) is 1. The number of hydrogen-bond acceptors (Lipinski definition) is 2. The first-order chi connectivity index (χ1) is 12.9. The van der Waals surface area contributed by atoms with Crippen molar-refractivity contribution in [3.05, 3.63) is 28.3 Å². The molecule has 0 bridgehead atoms. The standard InChI is InChI=1S/C25H42O3/c1-8-9-10-11-12-13-14-15-16-18-19(23(27)28)17-20(24(2,3)4)22(26)21(18)25(5,6)7/h17,26H,8-16H2,1-7H3,(H,27,28). The first-order valence-corrected chi connectivity index (χ1v) is 11.0. The second-order valence-corrected chi connectivity index (χ2v) is 10.2. The number of hydrogen-bond donors (Lipinski definition) is 2. The zero-order chi connectivity index (χ0) is 21.5. The highest BCUT2D eigenvalue weighted by molar-refractivity contribution is 5.91. The van der Waals surface area contributed by atoms with Gasteiger partial charge in [-0.1, -0.05) is 93.4 Å².